The maximum atomic E-state index is 11.6. The van der Waals surface area contributed by atoms with E-state index >= 15 is 0 Å². The van der Waals surface area contributed by atoms with Gasteiger partial charge in [-0.25, -0.2) is 0 Å². The fraction of sp³-hybridized carbons (Fsp3) is 0.875. The van der Waals surface area contributed by atoms with E-state index in [4.69, 9.17) is 13.8 Å². The summed E-state index contributed by atoms with van der Waals surface area (Å²) in [7, 11) is -3.06. The summed E-state index contributed by atoms with van der Waals surface area (Å²) in [5, 5.41) is 0. The number of ether oxygens (including phenoxy) is 1. The minimum atomic E-state index is -3.06. The minimum absolute atomic E-state index is 0.308. The van der Waals surface area contributed by atoms with Crippen LogP contribution in [-0.4, -0.2) is 25.5 Å². The Kier molecular flexibility index (Phi) is 4.11. The second kappa shape index (κ2) is 4.91. The van der Waals surface area contributed by atoms with E-state index in [0.29, 0.717) is 25.9 Å². The van der Waals surface area contributed by atoms with Gasteiger partial charge in [-0.2, -0.15) is 0 Å². The molecule has 1 heterocycles. The SMILES string of the molecule is CCOP(C)(=O)OC1CCCC(=O)O1. The molecule has 0 N–H and O–H groups in total. The van der Waals surface area contributed by atoms with Crippen LogP contribution in [0.15, 0.2) is 0 Å². The molecule has 0 aliphatic carbocycles. The highest BCUT2D eigenvalue weighted by molar-refractivity contribution is 7.52. The molecule has 1 rings (SSSR count). The number of hydrogen-bond donors (Lipinski definition) is 0. The number of hydrogen-bond acceptors (Lipinski definition) is 5. The van der Waals surface area contributed by atoms with E-state index in [1.165, 1.54) is 6.66 Å². The summed E-state index contributed by atoms with van der Waals surface area (Å²) >= 11 is 0. The van der Waals surface area contributed by atoms with Gasteiger partial charge in [0.25, 0.3) is 0 Å². The topological polar surface area (TPSA) is 61.8 Å². The first-order valence-corrected chi connectivity index (χ1v) is 6.62. The van der Waals surface area contributed by atoms with Gasteiger partial charge in [0, 0.05) is 19.5 Å². The summed E-state index contributed by atoms with van der Waals surface area (Å²) in [6, 6.07) is 0. The molecule has 82 valence electrons. The third-order valence-corrected chi connectivity index (χ3v) is 3.10. The van der Waals surface area contributed by atoms with Gasteiger partial charge in [-0.1, -0.05) is 0 Å². The predicted octanol–water partition coefficient (Wildman–Crippen LogP) is 1.92. The molecule has 0 aromatic heterocycles. The molecule has 1 saturated heterocycles. The number of carbonyl (C=O) groups excluding carboxylic acids is 1. The van der Waals surface area contributed by atoms with E-state index in [9.17, 15) is 9.36 Å². The largest absolute Gasteiger partial charge is 0.435 e. The zero-order chi connectivity index (χ0) is 10.6. The number of carbonyl (C=O) groups is 1. The first-order chi connectivity index (χ1) is 6.53. The fourth-order valence-electron chi connectivity index (χ4n) is 1.23. The van der Waals surface area contributed by atoms with E-state index in [1.54, 1.807) is 6.92 Å². The first kappa shape index (κ1) is 11.7. The molecule has 6 heteroatoms. The summed E-state index contributed by atoms with van der Waals surface area (Å²) in [5.74, 6) is -0.308. The molecule has 1 fully saturated rings. The van der Waals surface area contributed by atoms with Crippen molar-refractivity contribution in [1.29, 1.82) is 0 Å². The van der Waals surface area contributed by atoms with E-state index in [1.807, 2.05) is 0 Å². The monoisotopic (exact) mass is 222 g/mol. The van der Waals surface area contributed by atoms with Crippen LogP contribution in [0.25, 0.3) is 0 Å². The van der Waals surface area contributed by atoms with Gasteiger partial charge >= 0.3 is 13.6 Å². The number of rotatable bonds is 4. The molecular weight excluding hydrogens is 207 g/mol. The van der Waals surface area contributed by atoms with Crippen molar-refractivity contribution in [2.24, 2.45) is 0 Å². The van der Waals surface area contributed by atoms with Crippen molar-refractivity contribution in [1.82, 2.24) is 0 Å². The highest BCUT2D eigenvalue weighted by atomic mass is 31.2. The van der Waals surface area contributed by atoms with Crippen molar-refractivity contribution in [2.75, 3.05) is 13.3 Å². The third-order valence-electron chi connectivity index (χ3n) is 1.76. The van der Waals surface area contributed by atoms with Crippen LogP contribution in [0.1, 0.15) is 26.2 Å². The summed E-state index contributed by atoms with van der Waals surface area (Å²) in [4.78, 5) is 10.9. The van der Waals surface area contributed by atoms with Crippen LogP contribution in [0.2, 0.25) is 0 Å². The van der Waals surface area contributed by atoms with Crippen molar-refractivity contribution in [2.45, 2.75) is 32.5 Å². The van der Waals surface area contributed by atoms with Crippen molar-refractivity contribution in [3.05, 3.63) is 0 Å². The second-order valence-electron chi connectivity index (χ2n) is 3.11. The molecule has 5 nitrogen and oxygen atoms in total. The predicted molar refractivity (Wildman–Crippen MR) is 50.0 cm³/mol. The van der Waals surface area contributed by atoms with Gasteiger partial charge in [0.15, 0.2) is 0 Å². The lowest BCUT2D eigenvalue weighted by molar-refractivity contribution is -0.172. The maximum absolute atomic E-state index is 11.6. The summed E-state index contributed by atoms with van der Waals surface area (Å²) in [6.45, 7) is 3.42. The average Bonchev–Trinajstić information content (AvgIpc) is 2.02. The Labute approximate surface area is 83.3 Å². The maximum Gasteiger partial charge on any atom is 0.330 e. The second-order valence-corrected chi connectivity index (χ2v) is 5.12. The number of cyclic esters (lactones) is 1. The molecule has 0 aromatic carbocycles. The zero-order valence-corrected chi connectivity index (χ0v) is 9.29. The quantitative estimate of drug-likeness (QED) is 0.537. The lowest BCUT2D eigenvalue weighted by Crippen LogP contribution is -2.25. The average molecular weight is 222 g/mol. The molecular formula is C8H15O5P. The molecule has 1 aliphatic rings. The lowest BCUT2D eigenvalue weighted by atomic mass is 10.2. The minimum Gasteiger partial charge on any atom is -0.435 e. The van der Waals surface area contributed by atoms with Gasteiger partial charge < -0.3 is 9.26 Å². The number of esters is 1. The van der Waals surface area contributed by atoms with E-state index in [0.717, 1.165) is 0 Å². The van der Waals surface area contributed by atoms with Gasteiger partial charge in [0.05, 0.1) is 6.61 Å². The van der Waals surface area contributed by atoms with Gasteiger partial charge in [0.2, 0.25) is 6.29 Å². The Balaban J connectivity index is 2.42. The van der Waals surface area contributed by atoms with E-state index in [-0.39, 0.29) is 5.97 Å². The Hall–Kier alpha value is -0.380. The van der Waals surface area contributed by atoms with Crippen molar-refractivity contribution in [3.63, 3.8) is 0 Å². The Morgan fingerprint density at radius 3 is 2.93 bits per heavy atom. The van der Waals surface area contributed by atoms with Crippen LogP contribution in [-0.2, 0) is 23.1 Å². The molecule has 0 bridgehead atoms. The van der Waals surface area contributed by atoms with Crippen LogP contribution in [0.5, 0.6) is 0 Å². The molecule has 14 heavy (non-hydrogen) atoms. The normalized spacial score (nSPS) is 26.7. The van der Waals surface area contributed by atoms with Gasteiger partial charge in [-0.05, 0) is 13.3 Å². The Bertz CT molecular complexity index is 252. The van der Waals surface area contributed by atoms with E-state index < -0.39 is 13.9 Å². The van der Waals surface area contributed by atoms with Crippen LogP contribution < -0.4 is 0 Å². The van der Waals surface area contributed by atoms with Crippen LogP contribution in [0, 0.1) is 0 Å². The molecule has 1 aliphatic heterocycles. The molecule has 2 atom stereocenters. The first-order valence-electron chi connectivity index (χ1n) is 4.63. The highest BCUT2D eigenvalue weighted by Gasteiger charge is 2.28. The molecule has 0 amide bonds. The smallest absolute Gasteiger partial charge is 0.330 e. The van der Waals surface area contributed by atoms with Gasteiger partial charge in [0.1, 0.15) is 0 Å². The van der Waals surface area contributed by atoms with E-state index in [2.05, 4.69) is 0 Å². The van der Waals surface area contributed by atoms with Crippen LogP contribution >= 0.6 is 7.60 Å². The molecule has 0 aromatic rings. The van der Waals surface area contributed by atoms with Gasteiger partial charge in [-0.3, -0.25) is 13.9 Å². The van der Waals surface area contributed by atoms with Crippen LogP contribution in [0.4, 0.5) is 0 Å². The lowest BCUT2D eigenvalue weighted by Gasteiger charge is -2.24. The molecule has 0 spiro atoms. The summed E-state index contributed by atoms with van der Waals surface area (Å²) < 4.78 is 26.4. The Morgan fingerprint density at radius 1 is 1.64 bits per heavy atom. The standard InChI is InChI=1S/C8H15O5P/c1-3-11-14(2,10)13-8-6-4-5-7(9)12-8/h8H,3-6H2,1-2H3. The van der Waals surface area contributed by atoms with Gasteiger partial charge in [-0.15, -0.1) is 0 Å². The molecule has 0 radical (unpaired) electrons. The van der Waals surface area contributed by atoms with Crippen molar-refractivity contribution in [3.8, 4) is 0 Å². The fourth-order valence-corrected chi connectivity index (χ4v) is 2.34. The molecule has 0 saturated carbocycles. The zero-order valence-electron chi connectivity index (χ0n) is 8.39. The summed E-state index contributed by atoms with van der Waals surface area (Å²) in [5.41, 5.74) is 0. The highest BCUT2D eigenvalue weighted by Crippen LogP contribution is 2.46. The Morgan fingerprint density at radius 2 is 2.36 bits per heavy atom. The van der Waals surface area contributed by atoms with Crippen molar-refractivity contribution < 1.29 is 23.1 Å². The van der Waals surface area contributed by atoms with Crippen LogP contribution in [0.3, 0.4) is 0 Å². The summed E-state index contributed by atoms with van der Waals surface area (Å²) in [6.07, 6.45) is 0.980. The third kappa shape index (κ3) is 3.78. The molecule has 2 unspecified atom stereocenters. The van der Waals surface area contributed by atoms with Crippen molar-refractivity contribution >= 4 is 13.6 Å².